The van der Waals surface area contributed by atoms with Crippen molar-refractivity contribution < 1.29 is 22.4 Å². The standard InChI is InChI=1S/C27H30F4N4O/c1-17-15-20(9-12-22(17)28)23(13-5-18-6-14-24(33-16-18)27(29,30)31)34-25(26(36)32-2)19-7-10-21(11-8-19)35(3)4/h6-12,14-16,23,25,34H,5,13H2,1-4H3,(H,32,36)/t23-,25+/m1/s1. The van der Waals surface area contributed by atoms with Crippen LogP contribution in [0, 0.1) is 12.7 Å². The molecule has 0 aliphatic heterocycles. The minimum absolute atomic E-state index is 0.243. The Morgan fingerprint density at radius 2 is 1.69 bits per heavy atom. The van der Waals surface area contributed by atoms with Crippen molar-refractivity contribution in [1.29, 1.82) is 0 Å². The highest BCUT2D eigenvalue weighted by atomic mass is 19.4. The van der Waals surface area contributed by atoms with Crippen molar-refractivity contribution in [2.75, 3.05) is 26.0 Å². The lowest BCUT2D eigenvalue weighted by atomic mass is 9.95. The second-order valence-corrected chi connectivity index (χ2v) is 8.85. The van der Waals surface area contributed by atoms with Gasteiger partial charge < -0.3 is 10.2 Å². The number of aryl methyl sites for hydroxylation is 2. The minimum Gasteiger partial charge on any atom is -0.378 e. The van der Waals surface area contributed by atoms with Crippen LogP contribution in [0.1, 0.15) is 46.5 Å². The molecule has 2 N–H and O–H groups in total. The second-order valence-electron chi connectivity index (χ2n) is 8.85. The molecular formula is C27H30F4N4O. The van der Waals surface area contributed by atoms with Gasteiger partial charge in [-0.2, -0.15) is 13.2 Å². The number of aromatic nitrogens is 1. The summed E-state index contributed by atoms with van der Waals surface area (Å²) in [5.74, 6) is -0.584. The molecule has 0 saturated heterocycles. The third-order valence-corrected chi connectivity index (χ3v) is 6.04. The molecule has 5 nitrogen and oxygen atoms in total. The lowest BCUT2D eigenvalue weighted by molar-refractivity contribution is -0.141. The molecule has 0 spiro atoms. The maximum Gasteiger partial charge on any atom is 0.433 e. The fraction of sp³-hybridized carbons (Fsp3) is 0.333. The molecule has 1 heterocycles. The Bertz CT molecular complexity index is 1160. The average molecular weight is 503 g/mol. The number of hydrogen-bond donors (Lipinski definition) is 2. The Morgan fingerprint density at radius 1 is 1.03 bits per heavy atom. The van der Waals surface area contributed by atoms with Gasteiger partial charge in [0, 0.05) is 39.1 Å². The van der Waals surface area contributed by atoms with Gasteiger partial charge in [-0.25, -0.2) is 4.39 Å². The predicted molar refractivity (Wildman–Crippen MR) is 132 cm³/mol. The van der Waals surface area contributed by atoms with E-state index in [4.69, 9.17) is 0 Å². The van der Waals surface area contributed by atoms with Crippen LogP contribution < -0.4 is 15.5 Å². The molecule has 0 unspecified atom stereocenters. The number of hydrogen-bond acceptors (Lipinski definition) is 4. The number of halogens is 4. The van der Waals surface area contributed by atoms with Crippen LogP contribution in [0.4, 0.5) is 23.2 Å². The van der Waals surface area contributed by atoms with Crippen LogP contribution >= 0.6 is 0 Å². The highest BCUT2D eigenvalue weighted by Crippen LogP contribution is 2.29. The Balaban J connectivity index is 1.89. The van der Waals surface area contributed by atoms with Gasteiger partial charge in [0.25, 0.3) is 0 Å². The highest BCUT2D eigenvalue weighted by molar-refractivity contribution is 5.83. The van der Waals surface area contributed by atoms with Crippen molar-refractivity contribution in [2.24, 2.45) is 0 Å². The Labute approximate surface area is 208 Å². The maximum absolute atomic E-state index is 14.0. The van der Waals surface area contributed by atoms with E-state index in [9.17, 15) is 22.4 Å². The molecule has 0 bridgehead atoms. The predicted octanol–water partition coefficient (Wildman–Crippen LogP) is 5.36. The van der Waals surface area contributed by atoms with Gasteiger partial charge >= 0.3 is 6.18 Å². The first-order chi connectivity index (χ1) is 17.0. The first-order valence-electron chi connectivity index (χ1n) is 11.5. The van der Waals surface area contributed by atoms with Gasteiger partial charge in [0.2, 0.25) is 5.91 Å². The van der Waals surface area contributed by atoms with Crippen molar-refractivity contribution >= 4 is 11.6 Å². The van der Waals surface area contributed by atoms with E-state index >= 15 is 0 Å². The molecule has 0 fully saturated rings. The molecule has 0 saturated carbocycles. The molecule has 0 aliphatic carbocycles. The van der Waals surface area contributed by atoms with Gasteiger partial charge in [0.15, 0.2) is 0 Å². The number of pyridine rings is 1. The summed E-state index contributed by atoms with van der Waals surface area (Å²) in [6.45, 7) is 1.66. The highest BCUT2D eigenvalue weighted by Gasteiger charge is 2.32. The van der Waals surface area contributed by atoms with E-state index in [-0.39, 0.29) is 17.8 Å². The molecule has 1 aromatic heterocycles. The SMILES string of the molecule is CNC(=O)[C@@H](N[C@H](CCc1ccc(C(F)(F)F)nc1)c1ccc(F)c(C)c1)c1ccc(N(C)C)cc1. The molecule has 9 heteroatoms. The quantitative estimate of drug-likeness (QED) is 0.387. The van der Waals surface area contributed by atoms with Crippen LogP contribution in [-0.4, -0.2) is 32.0 Å². The van der Waals surface area contributed by atoms with Crippen molar-refractivity contribution in [2.45, 2.75) is 38.0 Å². The number of anilines is 1. The summed E-state index contributed by atoms with van der Waals surface area (Å²) >= 11 is 0. The molecule has 36 heavy (non-hydrogen) atoms. The molecular weight excluding hydrogens is 472 g/mol. The van der Waals surface area contributed by atoms with Crippen LogP contribution in [0.2, 0.25) is 0 Å². The Morgan fingerprint density at radius 3 is 2.22 bits per heavy atom. The lowest BCUT2D eigenvalue weighted by Crippen LogP contribution is -2.38. The van der Waals surface area contributed by atoms with E-state index in [1.54, 1.807) is 26.1 Å². The van der Waals surface area contributed by atoms with Crippen molar-refractivity contribution in [1.82, 2.24) is 15.6 Å². The van der Waals surface area contributed by atoms with Crippen molar-refractivity contribution in [3.05, 3.63) is 94.6 Å². The van der Waals surface area contributed by atoms with Crippen LogP contribution in [-0.2, 0) is 17.4 Å². The van der Waals surface area contributed by atoms with Crippen LogP contribution in [0.3, 0.4) is 0 Å². The van der Waals surface area contributed by atoms with Gasteiger partial charge in [0.05, 0.1) is 0 Å². The molecule has 192 valence electrons. The Hall–Kier alpha value is -3.46. The molecule has 2 aromatic carbocycles. The fourth-order valence-corrected chi connectivity index (χ4v) is 3.92. The number of rotatable bonds is 9. The lowest BCUT2D eigenvalue weighted by Gasteiger charge is -2.26. The van der Waals surface area contributed by atoms with E-state index in [0.717, 1.165) is 22.9 Å². The van der Waals surface area contributed by atoms with E-state index in [1.807, 2.05) is 43.3 Å². The van der Waals surface area contributed by atoms with Crippen LogP contribution in [0.25, 0.3) is 0 Å². The van der Waals surface area contributed by atoms with Crippen molar-refractivity contribution in [3.8, 4) is 0 Å². The first kappa shape index (κ1) is 27.1. The van der Waals surface area contributed by atoms with Crippen molar-refractivity contribution in [3.63, 3.8) is 0 Å². The minimum atomic E-state index is -4.50. The van der Waals surface area contributed by atoms with Gasteiger partial charge in [0.1, 0.15) is 17.6 Å². The molecule has 2 atom stereocenters. The number of alkyl halides is 3. The summed E-state index contributed by atoms with van der Waals surface area (Å²) in [7, 11) is 5.40. The largest absolute Gasteiger partial charge is 0.433 e. The number of likely N-dealkylation sites (N-methyl/N-ethyl adjacent to an activating group) is 1. The summed E-state index contributed by atoms with van der Waals surface area (Å²) in [5.41, 5.74) is 2.64. The number of nitrogens with zero attached hydrogens (tertiary/aromatic N) is 2. The van der Waals surface area contributed by atoms with Gasteiger partial charge in [-0.05, 0) is 66.3 Å². The molecule has 3 rings (SSSR count). The van der Waals surface area contributed by atoms with E-state index < -0.39 is 17.9 Å². The average Bonchev–Trinajstić information content (AvgIpc) is 2.85. The zero-order chi connectivity index (χ0) is 26.5. The van der Waals surface area contributed by atoms with E-state index in [2.05, 4.69) is 15.6 Å². The Kier molecular flexibility index (Phi) is 8.68. The first-order valence-corrected chi connectivity index (χ1v) is 11.5. The number of carbonyl (C=O) groups excluding carboxylic acids is 1. The number of benzene rings is 2. The molecule has 0 radical (unpaired) electrons. The topological polar surface area (TPSA) is 57.3 Å². The van der Waals surface area contributed by atoms with E-state index in [1.165, 1.54) is 18.3 Å². The summed E-state index contributed by atoms with van der Waals surface area (Å²) in [6, 6.07) is 13.6. The molecule has 1 amide bonds. The number of amides is 1. The van der Waals surface area contributed by atoms with Crippen LogP contribution in [0.15, 0.2) is 60.8 Å². The smallest absolute Gasteiger partial charge is 0.378 e. The third kappa shape index (κ3) is 6.81. The maximum atomic E-state index is 14.0. The van der Waals surface area contributed by atoms with Crippen LogP contribution in [0.5, 0.6) is 0 Å². The number of carbonyl (C=O) groups is 1. The second kappa shape index (κ2) is 11.5. The summed E-state index contributed by atoms with van der Waals surface area (Å²) in [6.07, 6.45) is -2.44. The monoisotopic (exact) mass is 502 g/mol. The zero-order valence-corrected chi connectivity index (χ0v) is 20.7. The molecule has 0 aliphatic rings. The summed E-state index contributed by atoms with van der Waals surface area (Å²) in [5, 5.41) is 6.07. The normalized spacial score (nSPS) is 13.2. The van der Waals surface area contributed by atoms with Gasteiger partial charge in [-0.1, -0.05) is 30.3 Å². The summed E-state index contributed by atoms with van der Waals surface area (Å²) in [4.78, 5) is 18.4. The number of nitrogens with one attached hydrogen (secondary N) is 2. The van der Waals surface area contributed by atoms with E-state index in [0.29, 0.717) is 24.0 Å². The van der Waals surface area contributed by atoms with Gasteiger partial charge in [-0.3, -0.25) is 15.1 Å². The zero-order valence-electron chi connectivity index (χ0n) is 20.7. The third-order valence-electron chi connectivity index (χ3n) is 6.04. The molecule has 3 aromatic rings. The van der Waals surface area contributed by atoms with Gasteiger partial charge in [-0.15, -0.1) is 0 Å². The summed E-state index contributed by atoms with van der Waals surface area (Å²) < 4.78 is 52.6. The fourth-order valence-electron chi connectivity index (χ4n) is 3.92.